The summed E-state index contributed by atoms with van der Waals surface area (Å²) in [7, 11) is 1.71. The summed E-state index contributed by atoms with van der Waals surface area (Å²) < 4.78 is 5.46. The molecule has 0 unspecified atom stereocenters. The molecule has 1 aliphatic rings. The highest BCUT2D eigenvalue weighted by molar-refractivity contribution is 7.99. The molecule has 0 saturated carbocycles. The van der Waals surface area contributed by atoms with Gasteiger partial charge in [0.25, 0.3) is 0 Å². The van der Waals surface area contributed by atoms with E-state index in [1.165, 1.54) is 23.6 Å². The van der Waals surface area contributed by atoms with Gasteiger partial charge in [-0.05, 0) is 31.2 Å². The van der Waals surface area contributed by atoms with E-state index < -0.39 is 0 Å². The van der Waals surface area contributed by atoms with Gasteiger partial charge < -0.3 is 15.4 Å². The van der Waals surface area contributed by atoms with Crippen molar-refractivity contribution in [2.45, 2.75) is 19.4 Å². The van der Waals surface area contributed by atoms with Gasteiger partial charge in [-0.3, -0.25) is 0 Å². The highest BCUT2D eigenvalue weighted by Crippen LogP contribution is 2.34. The molecule has 0 radical (unpaired) electrons. The maximum Gasteiger partial charge on any atom is 0.125 e. The highest BCUT2D eigenvalue weighted by Gasteiger charge is 2.18. The van der Waals surface area contributed by atoms with Crippen LogP contribution in [0.1, 0.15) is 24.9 Å². The normalized spacial score (nSPS) is 18.3. The fraction of sp³-hybridized carbons (Fsp3) is 0.571. The lowest BCUT2D eigenvalue weighted by Crippen LogP contribution is -2.27. The van der Waals surface area contributed by atoms with Crippen molar-refractivity contribution in [3.05, 3.63) is 23.8 Å². The molecule has 1 aliphatic heterocycles. The van der Waals surface area contributed by atoms with Gasteiger partial charge in [-0.1, -0.05) is 6.07 Å². The Morgan fingerprint density at radius 3 is 2.89 bits per heavy atom. The fourth-order valence-corrected chi connectivity index (χ4v) is 3.32. The summed E-state index contributed by atoms with van der Waals surface area (Å²) in [5.41, 5.74) is 8.50. The molecular formula is C14H22N2OS. The first-order valence-electron chi connectivity index (χ1n) is 6.49. The zero-order chi connectivity index (χ0) is 13.0. The molecule has 0 aromatic heterocycles. The number of nitrogens with two attached hydrogens (primary N) is 1. The Hall–Kier alpha value is -0.870. The molecule has 1 fully saturated rings. The van der Waals surface area contributed by atoms with Crippen LogP contribution in [0.15, 0.2) is 18.2 Å². The van der Waals surface area contributed by atoms with E-state index in [4.69, 9.17) is 10.5 Å². The Morgan fingerprint density at radius 1 is 1.33 bits per heavy atom. The van der Waals surface area contributed by atoms with E-state index in [2.05, 4.69) is 17.0 Å². The summed E-state index contributed by atoms with van der Waals surface area (Å²) in [4.78, 5) is 2.45. The number of methoxy groups -OCH3 is 1. The second-order valence-corrected chi connectivity index (χ2v) is 5.86. The van der Waals surface area contributed by atoms with Gasteiger partial charge in [0.1, 0.15) is 5.75 Å². The quantitative estimate of drug-likeness (QED) is 0.913. The molecule has 0 amide bonds. The molecule has 2 rings (SSSR count). The third kappa shape index (κ3) is 2.93. The van der Waals surface area contributed by atoms with Crippen LogP contribution in [0, 0.1) is 0 Å². The summed E-state index contributed by atoms with van der Waals surface area (Å²) >= 11 is 2.03. The minimum absolute atomic E-state index is 0.00736. The first-order valence-corrected chi connectivity index (χ1v) is 7.64. The van der Waals surface area contributed by atoms with Crippen molar-refractivity contribution in [1.82, 2.24) is 0 Å². The van der Waals surface area contributed by atoms with Crippen LogP contribution in [0.3, 0.4) is 0 Å². The Kier molecular flexibility index (Phi) is 4.78. The maximum absolute atomic E-state index is 6.12. The van der Waals surface area contributed by atoms with Crippen LogP contribution in [-0.2, 0) is 0 Å². The SMILES string of the molecule is COc1cccc(N2CCCSCC2)c1[C@H](C)N. The van der Waals surface area contributed by atoms with E-state index >= 15 is 0 Å². The molecule has 1 aromatic rings. The van der Waals surface area contributed by atoms with Crippen LogP contribution < -0.4 is 15.4 Å². The zero-order valence-electron chi connectivity index (χ0n) is 11.2. The van der Waals surface area contributed by atoms with Gasteiger partial charge in [0.15, 0.2) is 0 Å². The number of thioether (sulfide) groups is 1. The number of hydrogen-bond donors (Lipinski definition) is 1. The molecule has 0 aliphatic carbocycles. The van der Waals surface area contributed by atoms with Crippen molar-refractivity contribution in [2.24, 2.45) is 5.73 Å². The van der Waals surface area contributed by atoms with E-state index in [1.807, 2.05) is 24.8 Å². The van der Waals surface area contributed by atoms with E-state index in [1.54, 1.807) is 7.11 Å². The van der Waals surface area contributed by atoms with Crippen LogP contribution in [-0.4, -0.2) is 31.7 Å². The van der Waals surface area contributed by atoms with Crippen molar-refractivity contribution in [1.29, 1.82) is 0 Å². The van der Waals surface area contributed by atoms with Crippen molar-refractivity contribution in [3.8, 4) is 5.75 Å². The molecule has 0 bridgehead atoms. The van der Waals surface area contributed by atoms with Crippen molar-refractivity contribution in [2.75, 3.05) is 36.6 Å². The number of rotatable bonds is 3. The summed E-state index contributed by atoms with van der Waals surface area (Å²) in [5.74, 6) is 3.35. The standard InChI is InChI=1S/C14H22N2OS/c1-11(15)14-12(5-3-6-13(14)17-2)16-7-4-9-18-10-8-16/h3,5-6,11H,4,7-10,15H2,1-2H3/t11-/m0/s1. The Morgan fingerprint density at radius 2 is 2.17 bits per heavy atom. The minimum Gasteiger partial charge on any atom is -0.496 e. The van der Waals surface area contributed by atoms with E-state index in [9.17, 15) is 0 Å². The minimum atomic E-state index is -0.00736. The molecule has 100 valence electrons. The zero-order valence-corrected chi connectivity index (χ0v) is 12.0. The number of nitrogens with zero attached hydrogens (tertiary/aromatic N) is 1. The number of hydrogen-bond acceptors (Lipinski definition) is 4. The monoisotopic (exact) mass is 266 g/mol. The van der Waals surface area contributed by atoms with Gasteiger partial charge >= 0.3 is 0 Å². The molecule has 0 spiro atoms. The second kappa shape index (κ2) is 6.34. The van der Waals surface area contributed by atoms with Crippen LogP contribution in [0.5, 0.6) is 5.75 Å². The van der Waals surface area contributed by atoms with Crippen molar-refractivity contribution < 1.29 is 4.74 Å². The lowest BCUT2D eigenvalue weighted by molar-refractivity contribution is 0.407. The molecule has 4 heteroatoms. The summed E-state index contributed by atoms with van der Waals surface area (Å²) in [6, 6.07) is 6.20. The third-order valence-electron chi connectivity index (χ3n) is 3.28. The first kappa shape index (κ1) is 13.6. The van der Waals surface area contributed by atoms with Gasteiger partial charge in [0.05, 0.1) is 7.11 Å². The van der Waals surface area contributed by atoms with E-state index in [0.717, 1.165) is 24.4 Å². The van der Waals surface area contributed by atoms with Gasteiger partial charge in [-0.15, -0.1) is 0 Å². The average Bonchev–Trinajstić information content (AvgIpc) is 2.66. The molecule has 1 atom stereocenters. The average molecular weight is 266 g/mol. The van der Waals surface area contributed by atoms with Crippen LogP contribution in [0.4, 0.5) is 5.69 Å². The van der Waals surface area contributed by atoms with E-state index in [-0.39, 0.29) is 6.04 Å². The Bertz CT molecular complexity index is 387. The predicted molar refractivity (Wildman–Crippen MR) is 79.8 cm³/mol. The smallest absolute Gasteiger partial charge is 0.125 e. The summed E-state index contributed by atoms with van der Waals surface area (Å²) in [5, 5.41) is 0. The lowest BCUT2D eigenvalue weighted by atomic mass is 10.0. The number of anilines is 1. The topological polar surface area (TPSA) is 38.5 Å². The molecule has 3 nitrogen and oxygen atoms in total. The van der Waals surface area contributed by atoms with Crippen molar-refractivity contribution in [3.63, 3.8) is 0 Å². The molecule has 1 heterocycles. The summed E-state index contributed by atoms with van der Waals surface area (Å²) in [6.07, 6.45) is 1.24. The first-order chi connectivity index (χ1) is 8.74. The summed E-state index contributed by atoms with van der Waals surface area (Å²) in [6.45, 7) is 4.23. The maximum atomic E-state index is 6.12. The predicted octanol–water partition coefficient (Wildman–Crippen LogP) is 2.66. The second-order valence-electron chi connectivity index (χ2n) is 4.63. The lowest BCUT2D eigenvalue weighted by Gasteiger charge is -2.27. The molecular weight excluding hydrogens is 244 g/mol. The largest absolute Gasteiger partial charge is 0.496 e. The van der Waals surface area contributed by atoms with E-state index in [0.29, 0.717) is 0 Å². The van der Waals surface area contributed by atoms with Crippen LogP contribution >= 0.6 is 11.8 Å². The van der Waals surface area contributed by atoms with Gasteiger partial charge in [-0.25, -0.2) is 0 Å². The molecule has 2 N–H and O–H groups in total. The third-order valence-corrected chi connectivity index (χ3v) is 4.33. The molecule has 18 heavy (non-hydrogen) atoms. The Labute approximate surface area is 114 Å². The number of ether oxygens (including phenoxy) is 1. The molecule has 1 aromatic carbocycles. The highest BCUT2D eigenvalue weighted by atomic mass is 32.2. The molecule has 1 saturated heterocycles. The number of benzene rings is 1. The van der Waals surface area contributed by atoms with Gasteiger partial charge in [0.2, 0.25) is 0 Å². The fourth-order valence-electron chi connectivity index (χ4n) is 2.43. The van der Waals surface area contributed by atoms with Crippen molar-refractivity contribution >= 4 is 17.4 Å². The Balaban J connectivity index is 2.35. The van der Waals surface area contributed by atoms with Crippen LogP contribution in [0.2, 0.25) is 0 Å². The van der Waals surface area contributed by atoms with Crippen LogP contribution in [0.25, 0.3) is 0 Å². The van der Waals surface area contributed by atoms with Gasteiger partial charge in [-0.2, -0.15) is 11.8 Å². The van der Waals surface area contributed by atoms with Gasteiger partial charge in [0, 0.05) is 36.1 Å².